The Morgan fingerprint density at radius 1 is 1.17 bits per heavy atom. The van der Waals surface area contributed by atoms with E-state index in [-0.39, 0.29) is 0 Å². The minimum absolute atomic E-state index is 0.326. The standard InChI is InChI=1S/C19H30N4/c1-20-18(21-14-16-8-12-23(2)13-9-16)22-15-19(10-11-19)17-6-4-3-5-7-17/h3-7,16H,8-15H2,1-2H3,(H2,20,21,22). The number of hydrogen-bond acceptors (Lipinski definition) is 2. The summed E-state index contributed by atoms with van der Waals surface area (Å²) in [5.74, 6) is 1.72. The van der Waals surface area contributed by atoms with Gasteiger partial charge in [-0.2, -0.15) is 0 Å². The molecule has 0 radical (unpaired) electrons. The van der Waals surface area contributed by atoms with Gasteiger partial charge >= 0.3 is 0 Å². The average Bonchev–Trinajstić information content (AvgIpc) is 3.39. The number of piperidine rings is 1. The van der Waals surface area contributed by atoms with Crippen LogP contribution in [-0.4, -0.2) is 51.1 Å². The van der Waals surface area contributed by atoms with Crippen LogP contribution in [0.1, 0.15) is 31.2 Å². The zero-order chi connectivity index (χ0) is 16.1. The first-order chi connectivity index (χ1) is 11.2. The summed E-state index contributed by atoms with van der Waals surface area (Å²) in [7, 11) is 4.08. The lowest BCUT2D eigenvalue weighted by molar-refractivity contribution is 0.220. The van der Waals surface area contributed by atoms with Crippen LogP contribution in [0, 0.1) is 5.92 Å². The lowest BCUT2D eigenvalue weighted by atomic mass is 9.96. The molecule has 3 rings (SSSR count). The van der Waals surface area contributed by atoms with Crippen molar-refractivity contribution < 1.29 is 0 Å². The number of nitrogens with one attached hydrogen (secondary N) is 2. The molecule has 0 spiro atoms. The molecule has 1 aliphatic carbocycles. The fourth-order valence-corrected chi connectivity index (χ4v) is 3.49. The minimum Gasteiger partial charge on any atom is -0.356 e. The fourth-order valence-electron chi connectivity index (χ4n) is 3.49. The van der Waals surface area contributed by atoms with Crippen molar-refractivity contribution in [2.45, 2.75) is 31.1 Å². The number of nitrogens with zero attached hydrogens (tertiary/aromatic N) is 2. The Balaban J connectivity index is 1.45. The van der Waals surface area contributed by atoms with Crippen LogP contribution < -0.4 is 10.6 Å². The van der Waals surface area contributed by atoms with Gasteiger partial charge in [0.1, 0.15) is 0 Å². The molecule has 1 saturated heterocycles. The number of likely N-dealkylation sites (tertiary alicyclic amines) is 1. The van der Waals surface area contributed by atoms with E-state index in [2.05, 4.69) is 57.9 Å². The number of aliphatic imine (C=N–C) groups is 1. The van der Waals surface area contributed by atoms with Gasteiger partial charge in [-0.1, -0.05) is 30.3 Å². The first-order valence-electron chi connectivity index (χ1n) is 8.90. The molecule has 4 heteroatoms. The highest BCUT2D eigenvalue weighted by Gasteiger charge is 2.44. The molecule has 23 heavy (non-hydrogen) atoms. The van der Waals surface area contributed by atoms with Crippen molar-refractivity contribution in [3.8, 4) is 0 Å². The van der Waals surface area contributed by atoms with Crippen LogP contribution in [0.25, 0.3) is 0 Å². The lowest BCUT2D eigenvalue weighted by Gasteiger charge is -2.29. The second-order valence-corrected chi connectivity index (χ2v) is 7.20. The molecule has 1 aromatic rings. The molecule has 0 bridgehead atoms. The highest BCUT2D eigenvalue weighted by Crippen LogP contribution is 2.47. The Hall–Kier alpha value is -1.55. The SMILES string of the molecule is CN=C(NCC1CCN(C)CC1)NCC1(c2ccccc2)CC1. The van der Waals surface area contributed by atoms with Gasteiger partial charge < -0.3 is 15.5 Å². The Morgan fingerprint density at radius 2 is 1.87 bits per heavy atom. The first-order valence-corrected chi connectivity index (χ1v) is 8.90. The third-order valence-corrected chi connectivity index (χ3v) is 5.45. The molecule has 126 valence electrons. The molecule has 0 aromatic heterocycles. The van der Waals surface area contributed by atoms with Crippen molar-refractivity contribution in [3.05, 3.63) is 35.9 Å². The molecule has 2 N–H and O–H groups in total. The van der Waals surface area contributed by atoms with E-state index >= 15 is 0 Å². The van der Waals surface area contributed by atoms with E-state index in [1.165, 1.54) is 44.3 Å². The summed E-state index contributed by atoms with van der Waals surface area (Å²) in [6, 6.07) is 10.9. The monoisotopic (exact) mass is 314 g/mol. The molecule has 1 aromatic carbocycles. The Morgan fingerprint density at radius 3 is 2.48 bits per heavy atom. The highest BCUT2D eigenvalue weighted by atomic mass is 15.2. The van der Waals surface area contributed by atoms with Crippen LogP contribution in [0.4, 0.5) is 0 Å². The van der Waals surface area contributed by atoms with Gasteiger partial charge in [-0.05, 0) is 57.3 Å². The predicted octanol–water partition coefficient (Wildman–Crippen LogP) is 2.23. The third-order valence-electron chi connectivity index (χ3n) is 5.45. The maximum absolute atomic E-state index is 4.40. The normalized spacial score (nSPS) is 21.9. The summed E-state index contributed by atoms with van der Waals surface area (Å²) >= 11 is 0. The largest absolute Gasteiger partial charge is 0.356 e. The van der Waals surface area contributed by atoms with Crippen LogP contribution in [0.15, 0.2) is 35.3 Å². The minimum atomic E-state index is 0.326. The van der Waals surface area contributed by atoms with E-state index in [0.29, 0.717) is 5.41 Å². The van der Waals surface area contributed by atoms with Gasteiger partial charge in [0.2, 0.25) is 0 Å². The molecule has 4 nitrogen and oxygen atoms in total. The average molecular weight is 314 g/mol. The quantitative estimate of drug-likeness (QED) is 0.647. The van der Waals surface area contributed by atoms with E-state index < -0.39 is 0 Å². The smallest absolute Gasteiger partial charge is 0.191 e. The van der Waals surface area contributed by atoms with Crippen LogP contribution in [0.3, 0.4) is 0 Å². The van der Waals surface area contributed by atoms with Crippen LogP contribution in [-0.2, 0) is 5.41 Å². The molecule has 2 fully saturated rings. The van der Waals surface area contributed by atoms with Gasteiger partial charge in [-0.25, -0.2) is 0 Å². The van der Waals surface area contributed by atoms with E-state index in [1.54, 1.807) is 0 Å². The molecule has 1 heterocycles. The lowest BCUT2D eigenvalue weighted by Crippen LogP contribution is -2.44. The number of benzene rings is 1. The molecule has 0 atom stereocenters. The zero-order valence-electron chi connectivity index (χ0n) is 14.5. The van der Waals surface area contributed by atoms with Gasteiger partial charge in [0.25, 0.3) is 0 Å². The molecule has 1 saturated carbocycles. The van der Waals surface area contributed by atoms with E-state index in [9.17, 15) is 0 Å². The molecule has 0 unspecified atom stereocenters. The number of rotatable bonds is 5. The zero-order valence-corrected chi connectivity index (χ0v) is 14.5. The summed E-state index contributed by atoms with van der Waals surface area (Å²) in [5.41, 5.74) is 1.78. The van der Waals surface area contributed by atoms with E-state index in [1.807, 2.05) is 7.05 Å². The summed E-state index contributed by atoms with van der Waals surface area (Å²) < 4.78 is 0. The summed E-state index contributed by atoms with van der Waals surface area (Å²) in [6.07, 6.45) is 5.12. The van der Waals surface area contributed by atoms with Gasteiger partial charge in [-0.3, -0.25) is 4.99 Å². The summed E-state index contributed by atoms with van der Waals surface area (Å²) in [6.45, 7) is 4.45. The number of guanidine groups is 1. The first kappa shape index (κ1) is 16.3. The van der Waals surface area contributed by atoms with E-state index in [4.69, 9.17) is 0 Å². The van der Waals surface area contributed by atoms with Crippen molar-refractivity contribution in [1.82, 2.24) is 15.5 Å². The molecular formula is C19H30N4. The van der Waals surface area contributed by atoms with Crippen molar-refractivity contribution in [2.24, 2.45) is 10.9 Å². The fraction of sp³-hybridized carbons (Fsp3) is 0.632. The predicted molar refractivity (Wildman–Crippen MR) is 96.9 cm³/mol. The van der Waals surface area contributed by atoms with E-state index in [0.717, 1.165) is 25.0 Å². The van der Waals surface area contributed by atoms with Crippen molar-refractivity contribution in [2.75, 3.05) is 40.3 Å². The highest BCUT2D eigenvalue weighted by molar-refractivity contribution is 5.79. The second-order valence-electron chi connectivity index (χ2n) is 7.20. The maximum Gasteiger partial charge on any atom is 0.191 e. The van der Waals surface area contributed by atoms with Crippen LogP contribution >= 0.6 is 0 Å². The van der Waals surface area contributed by atoms with Crippen LogP contribution in [0.2, 0.25) is 0 Å². The van der Waals surface area contributed by atoms with Crippen LogP contribution in [0.5, 0.6) is 0 Å². The molecule has 2 aliphatic rings. The molecule has 0 amide bonds. The Kier molecular flexibility index (Phi) is 5.21. The van der Waals surface area contributed by atoms with Crippen molar-refractivity contribution in [3.63, 3.8) is 0 Å². The van der Waals surface area contributed by atoms with Gasteiger partial charge in [0, 0.05) is 25.6 Å². The van der Waals surface area contributed by atoms with Gasteiger partial charge in [-0.15, -0.1) is 0 Å². The summed E-state index contributed by atoms with van der Waals surface area (Å²) in [5, 5.41) is 7.07. The van der Waals surface area contributed by atoms with Gasteiger partial charge in [0.15, 0.2) is 5.96 Å². The topological polar surface area (TPSA) is 39.7 Å². The molecular weight excluding hydrogens is 284 g/mol. The Bertz CT molecular complexity index is 513. The Labute approximate surface area is 140 Å². The summed E-state index contributed by atoms with van der Waals surface area (Å²) in [4.78, 5) is 6.81. The number of hydrogen-bond donors (Lipinski definition) is 2. The van der Waals surface area contributed by atoms with Crippen molar-refractivity contribution in [1.29, 1.82) is 0 Å². The van der Waals surface area contributed by atoms with Gasteiger partial charge in [0.05, 0.1) is 0 Å². The third kappa shape index (κ3) is 4.25. The molecule has 1 aliphatic heterocycles. The van der Waals surface area contributed by atoms with Crippen molar-refractivity contribution >= 4 is 5.96 Å². The second kappa shape index (κ2) is 7.35. The maximum atomic E-state index is 4.40.